The highest BCUT2D eigenvalue weighted by molar-refractivity contribution is 14.0. The van der Waals surface area contributed by atoms with E-state index in [0.29, 0.717) is 6.54 Å². The van der Waals surface area contributed by atoms with Crippen LogP contribution in [0.3, 0.4) is 0 Å². The maximum atomic E-state index is 13.8. The molecule has 0 amide bonds. The summed E-state index contributed by atoms with van der Waals surface area (Å²) in [6.07, 6.45) is 2.04. The van der Waals surface area contributed by atoms with Crippen LogP contribution in [0.1, 0.15) is 12.5 Å². The Kier molecular flexibility index (Phi) is 8.88. The van der Waals surface area contributed by atoms with Crippen LogP contribution >= 0.6 is 24.0 Å². The van der Waals surface area contributed by atoms with Gasteiger partial charge in [0, 0.05) is 51.0 Å². The van der Waals surface area contributed by atoms with E-state index >= 15 is 0 Å². The lowest BCUT2D eigenvalue weighted by atomic mass is 10.1. The van der Waals surface area contributed by atoms with Gasteiger partial charge in [0.25, 0.3) is 0 Å². The molecule has 1 aromatic heterocycles. The van der Waals surface area contributed by atoms with E-state index in [9.17, 15) is 8.78 Å². The summed E-state index contributed by atoms with van der Waals surface area (Å²) >= 11 is 0. The van der Waals surface area contributed by atoms with Gasteiger partial charge >= 0.3 is 0 Å². The van der Waals surface area contributed by atoms with Crippen molar-refractivity contribution < 1.29 is 8.78 Å². The minimum absolute atomic E-state index is 0. The Morgan fingerprint density at radius 3 is 2.39 bits per heavy atom. The fourth-order valence-corrected chi connectivity index (χ4v) is 3.16. The van der Waals surface area contributed by atoms with Gasteiger partial charge in [-0.25, -0.2) is 13.8 Å². The molecule has 1 aliphatic rings. The van der Waals surface area contributed by atoms with Crippen molar-refractivity contribution in [1.29, 1.82) is 0 Å². The van der Waals surface area contributed by atoms with Crippen LogP contribution in [0, 0.1) is 11.6 Å². The molecule has 8 heteroatoms. The molecule has 0 atom stereocenters. The van der Waals surface area contributed by atoms with Crippen LogP contribution in [0.15, 0.2) is 47.6 Å². The predicted octanol–water partition coefficient (Wildman–Crippen LogP) is 3.31. The lowest BCUT2D eigenvalue weighted by Gasteiger charge is -2.37. The van der Waals surface area contributed by atoms with Gasteiger partial charge in [-0.1, -0.05) is 12.1 Å². The second kappa shape index (κ2) is 11.1. The van der Waals surface area contributed by atoms with Crippen LogP contribution < -0.4 is 10.2 Å². The van der Waals surface area contributed by atoms with Crippen molar-refractivity contribution in [3.63, 3.8) is 0 Å². The molecular weight excluding hydrogens is 475 g/mol. The highest BCUT2D eigenvalue weighted by Crippen LogP contribution is 2.14. The summed E-state index contributed by atoms with van der Waals surface area (Å²) in [5.74, 6) is 0.738. The van der Waals surface area contributed by atoms with Crippen molar-refractivity contribution >= 4 is 35.8 Å². The van der Waals surface area contributed by atoms with E-state index in [1.165, 1.54) is 18.2 Å². The highest BCUT2D eigenvalue weighted by Gasteiger charge is 2.20. The van der Waals surface area contributed by atoms with Gasteiger partial charge in [-0.05, 0) is 37.6 Å². The maximum absolute atomic E-state index is 13.8. The maximum Gasteiger partial charge on any atom is 0.194 e. The van der Waals surface area contributed by atoms with Gasteiger partial charge in [0.2, 0.25) is 0 Å². The smallest absolute Gasteiger partial charge is 0.194 e. The third-order valence-corrected chi connectivity index (χ3v) is 4.57. The Hall–Kier alpha value is -1.97. The van der Waals surface area contributed by atoms with Crippen molar-refractivity contribution in [3.8, 4) is 0 Å². The lowest BCUT2D eigenvalue weighted by molar-refractivity contribution is 0.371. The van der Waals surface area contributed by atoms with Gasteiger partial charge < -0.3 is 15.1 Å². The summed E-state index contributed by atoms with van der Waals surface area (Å²) in [6, 6.07) is 9.85. The van der Waals surface area contributed by atoms with E-state index in [4.69, 9.17) is 0 Å². The first-order chi connectivity index (χ1) is 13.2. The van der Waals surface area contributed by atoms with Crippen LogP contribution in [0.2, 0.25) is 0 Å². The Labute approximate surface area is 181 Å². The highest BCUT2D eigenvalue weighted by atomic mass is 127. The molecule has 2 heterocycles. The normalized spacial score (nSPS) is 14.6. The third kappa shape index (κ3) is 5.76. The molecule has 152 valence electrons. The third-order valence-electron chi connectivity index (χ3n) is 4.57. The lowest BCUT2D eigenvalue weighted by Crippen LogP contribution is -2.52. The Morgan fingerprint density at radius 2 is 1.79 bits per heavy atom. The number of benzene rings is 1. The summed E-state index contributed by atoms with van der Waals surface area (Å²) in [5, 5.41) is 3.28. The van der Waals surface area contributed by atoms with Crippen molar-refractivity contribution in [1.82, 2.24) is 15.2 Å². The molecule has 3 rings (SSSR count). The predicted molar refractivity (Wildman–Crippen MR) is 119 cm³/mol. The largest absolute Gasteiger partial charge is 0.357 e. The molecule has 1 aromatic carbocycles. The molecule has 28 heavy (non-hydrogen) atoms. The van der Waals surface area contributed by atoms with E-state index in [0.717, 1.165) is 44.5 Å². The van der Waals surface area contributed by atoms with Crippen LogP contribution in [0.5, 0.6) is 0 Å². The number of aromatic nitrogens is 1. The van der Waals surface area contributed by atoms with Crippen molar-refractivity contribution in [2.45, 2.75) is 13.3 Å². The number of pyridine rings is 1. The van der Waals surface area contributed by atoms with Gasteiger partial charge in [0.15, 0.2) is 5.96 Å². The standard InChI is InChI=1S/C20H25F2N5.HI/c1-2-23-20(25-11-9-16-17(21)6-5-7-18(16)22)27-14-12-26(13-15-27)19-8-3-4-10-24-19;/h3-8,10H,2,9,11-15H2,1H3,(H,23,25);1H. The Morgan fingerprint density at radius 1 is 1.07 bits per heavy atom. The fourth-order valence-electron chi connectivity index (χ4n) is 3.16. The first-order valence-electron chi connectivity index (χ1n) is 9.31. The summed E-state index contributed by atoms with van der Waals surface area (Å²) in [4.78, 5) is 13.4. The number of hydrogen-bond donors (Lipinski definition) is 1. The molecule has 0 bridgehead atoms. The number of halogens is 3. The minimum Gasteiger partial charge on any atom is -0.357 e. The molecule has 0 saturated carbocycles. The van der Waals surface area contributed by atoms with E-state index in [1.54, 1.807) is 6.20 Å². The molecule has 0 spiro atoms. The van der Waals surface area contributed by atoms with Crippen molar-refractivity contribution in [3.05, 3.63) is 59.8 Å². The minimum atomic E-state index is -0.515. The molecule has 1 saturated heterocycles. The molecule has 0 aliphatic carbocycles. The van der Waals surface area contributed by atoms with E-state index < -0.39 is 11.6 Å². The SMILES string of the molecule is CCNC(=NCCc1c(F)cccc1F)N1CCN(c2ccccn2)CC1.I. The van der Waals surface area contributed by atoms with E-state index in [-0.39, 0.29) is 36.0 Å². The van der Waals surface area contributed by atoms with Gasteiger partial charge in [-0.2, -0.15) is 0 Å². The molecular formula is C20H26F2IN5. The molecule has 1 N–H and O–H groups in total. The molecule has 0 radical (unpaired) electrons. The van der Waals surface area contributed by atoms with Gasteiger partial charge in [0.05, 0.1) is 0 Å². The molecule has 1 fully saturated rings. The number of aliphatic imine (C=N–C) groups is 1. The zero-order chi connectivity index (χ0) is 19.1. The Bertz CT molecular complexity index is 744. The van der Waals surface area contributed by atoms with Crippen molar-refractivity contribution in [2.24, 2.45) is 4.99 Å². The number of anilines is 1. The average Bonchev–Trinajstić information content (AvgIpc) is 2.70. The average molecular weight is 501 g/mol. The van der Waals surface area contributed by atoms with Crippen LogP contribution in [0.4, 0.5) is 14.6 Å². The van der Waals surface area contributed by atoms with Gasteiger partial charge in [-0.3, -0.25) is 4.99 Å². The zero-order valence-corrected chi connectivity index (χ0v) is 18.3. The number of nitrogens with zero attached hydrogens (tertiary/aromatic N) is 4. The monoisotopic (exact) mass is 501 g/mol. The molecule has 2 aromatic rings. The van der Waals surface area contributed by atoms with Gasteiger partial charge in [0.1, 0.15) is 17.5 Å². The quantitative estimate of drug-likeness (QED) is 0.388. The zero-order valence-electron chi connectivity index (χ0n) is 15.9. The van der Waals surface area contributed by atoms with Crippen LogP contribution in [0.25, 0.3) is 0 Å². The van der Waals surface area contributed by atoms with E-state index in [2.05, 4.69) is 25.1 Å². The van der Waals surface area contributed by atoms with E-state index in [1.807, 2.05) is 25.1 Å². The number of nitrogens with one attached hydrogen (secondary N) is 1. The first kappa shape index (κ1) is 22.3. The number of rotatable bonds is 5. The number of guanidine groups is 1. The summed E-state index contributed by atoms with van der Waals surface area (Å²) in [7, 11) is 0. The second-order valence-corrected chi connectivity index (χ2v) is 6.35. The fraction of sp³-hybridized carbons (Fsp3) is 0.400. The topological polar surface area (TPSA) is 43.8 Å². The molecule has 0 unspecified atom stereocenters. The van der Waals surface area contributed by atoms with Gasteiger partial charge in [-0.15, -0.1) is 24.0 Å². The Balaban J connectivity index is 0.00000280. The second-order valence-electron chi connectivity index (χ2n) is 6.35. The van der Waals surface area contributed by atoms with Crippen LogP contribution in [-0.2, 0) is 6.42 Å². The molecule has 1 aliphatic heterocycles. The number of hydrogen-bond acceptors (Lipinski definition) is 3. The summed E-state index contributed by atoms with van der Waals surface area (Å²) in [6.45, 7) is 6.42. The van der Waals surface area contributed by atoms with Crippen molar-refractivity contribution in [2.75, 3.05) is 44.2 Å². The summed E-state index contributed by atoms with van der Waals surface area (Å²) in [5.41, 5.74) is 0.0945. The summed E-state index contributed by atoms with van der Waals surface area (Å²) < 4.78 is 27.5. The molecule has 5 nitrogen and oxygen atoms in total. The first-order valence-corrected chi connectivity index (χ1v) is 9.31. The van der Waals surface area contributed by atoms with Crippen LogP contribution in [-0.4, -0.2) is 55.1 Å². The number of piperazine rings is 1.